The van der Waals surface area contributed by atoms with Crippen molar-refractivity contribution >= 4 is 17.3 Å². The summed E-state index contributed by atoms with van der Waals surface area (Å²) in [5.74, 6) is -1.25. The number of hydrogen-bond acceptors (Lipinski definition) is 4. The molecule has 1 aliphatic rings. The van der Waals surface area contributed by atoms with E-state index in [9.17, 15) is 19.3 Å². The number of carbonyl (C=O) groups excluding carboxylic acids is 1. The van der Waals surface area contributed by atoms with Crippen molar-refractivity contribution in [3.63, 3.8) is 0 Å². The van der Waals surface area contributed by atoms with Gasteiger partial charge in [0.25, 0.3) is 5.69 Å². The normalized spacial score (nSPS) is 17.2. The van der Waals surface area contributed by atoms with Gasteiger partial charge in [-0.1, -0.05) is 25.3 Å². The Morgan fingerprint density at radius 1 is 1.38 bits per heavy atom. The van der Waals surface area contributed by atoms with Gasteiger partial charge in [0.15, 0.2) is 11.5 Å². The minimum atomic E-state index is -0.819. The quantitative estimate of drug-likeness (QED) is 0.658. The monoisotopic (exact) mass is 295 g/mol. The van der Waals surface area contributed by atoms with E-state index in [1.807, 2.05) is 0 Å². The van der Waals surface area contributed by atoms with Crippen LogP contribution in [-0.4, -0.2) is 17.4 Å². The molecule has 1 aromatic carbocycles. The van der Waals surface area contributed by atoms with E-state index < -0.39 is 27.8 Å². The third-order valence-electron chi connectivity index (χ3n) is 4.11. The maximum atomic E-state index is 13.8. The second-order valence-corrected chi connectivity index (χ2v) is 5.39. The van der Waals surface area contributed by atoms with Crippen LogP contribution < -0.4 is 11.1 Å². The van der Waals surface area contributed by atoms with E-state index in [0.29, 0.717) is 12.8 Å². The van der Waals surface area contributed by atoms with Crippen molar-refractivity contribution in [3.8, 4) is 0 Å². The summed E-state index contributed by atoms with van der Waals surface area (Å²) < 4.78 is 13.8. The second-order valence-electron chi connectivity index (χ2n) is 5.39. The first kappa shape index (κ1) is 15.4. The molecule has 0 saturated heterocycles. The van der Waals surface area contributed by atoms with Gasteiger partial charge in [-0.05, 0) is 18.9 Å². The summed E-state index contributed by atoms with van der Waals surface area (Å²) in [7, 11) is 0. The highest BCUT2D eigenvalue weighted by molar-refractivity contribution is 5.97. The number of rotatable bonds is 4. The van der Waals surface area contributed by atoms with Crippen molar-refractivity contribution in [3.05, 3.63) is 34.1 Å². The Labute approximate surface area is 121 Å². The second kappa shape index (κ2) is 6.17. The highest BCUT2D eigenvalue weighted by atomic mass is 19.1. The molecule has 0 atom stereocenters. The van der Waals surface area contributed by atoms with Gasteiger partial charge in [-0.2, -0.15) is 0 Å². The van der Waals surface area contributed by atoms with E-state index in [0.717, 1.165) is 31.4 Å². The molecule has 0 heterocycles. The van der Waals surface area contributed by atoms with Crippen LogP contribution in [0.3, 0.4) is 0 Å². The van der Waals surface area contributed by atoms with Crippen molar-refractivity contribution in [1.29, 1.82) is 0 Å². The molecule has 0 bridgehead atoms. The zero-order chi connectivity index (χ0) is 15.5. The maximum Gasteiger partial charge on any atom is 0.295 e. The third-order valence-corrected chi connectivity index (χ3v) is 4.11. The highest BCUT2D eigenvalue weighted by Gasteiger charge is 2.39. The number of nitrogens with zero attached hydrogens (tertiary/aromatic N) is 1. The van der Waals surface area contributed by atoms with Crippen molar-refractivity contribution in [2.75, 3.05) is 11.9 Å². The first-order chi connectivity index (χ1) is 10.00. The first-order valence-corrected chi connectivity index (χ1v) is 6.94. The van der Waals surface area contributed by atoms with Crippen molar-refractivity contribution < 1.29 is 14.1 Å². The number of nitrogens with two attached hydrogens (primary N) is 1. The smallest absolute Gasteiger partial charge is 0.295 e. The van der Waals surface area contributed by atoms with E-state index in [4.69, 9.17) is 5.73 Å². The molecule has 0 spiro atoms. The lowest BCUT2D eigenvalue weighted by atomic mass is 9.73. The highest BCUT2D eigenvalue weighted by Crippen LogP contribution is 2.37. The lowest BCUT2D eigenvalue weighted by Crippen LogP contribution is -2.44. The lowest BCUT2D eigenvalue weighted by Gasteiger charge is -2.34. The molecule has 1 saturated carbocycles. The van der Waals surface area contributed by atoms with Gasteiger partial charge in [0, 0.05) is 12.6 Å². The van der Waals surface area contributed by atoms with Crippen LogP contribution in [0.1, 0.15) is 32.1 Å². The summed E-state index contributed by atoms with van der Waals surface area (Å²) in [5.41, 5.74) is 4.15. The van der Waals surface area contributed by atoms with Crippen LogP contribution in [0.5, 0.6) is 0 Å². The van der Waals surface area contributed by atoms with E-state index in [1.54, 1.807) is 0 Å². The summed E-state index contributed by atoms with van der Waals surface area (Å²) in [6.07, 6.45) is 4.04. The number of nitrogens with one attached hydrogen (secondary N) is 1. The maximum absolute atomic E-state index is 13.8. The number of anilines is 1. The number of benzene rings is 1. The largest absolute Gasteiger partial charge is 0.329 e. The zero-order valence-corrected chi connectivity index (χ0v) is 11.6. The summed E-state index contributed by atoms with van der Waals surface area (Å²) in [6.45, 7) is 0.154. The topological polar surface area (TPSA) is 98.3 Å². The number of nitro benzene ring substituents is 1. The number of hydrogen-bond donors (Lipinski definition) is 2. The van der Waals surface area contributed by atoms with Gasteiger partial charge in [0.1, 0.15) is 0 Å². The molecule has 7 heteroatoms. The fraction of sp³-hybridized carbons (Fsp3) is 0.500. The Morgan fingerprint density at radius 2 is 2.05 bits per heavy atom. The van der Waals surface area contributed by atoms with E-state index >= 15 is 0 Å². The predicted octanol–water partition coefficient (Wildman–Crippen LogP) is 2.58. The number of carbonyl (C=O) groups is 1. The molecule has 1 amide bonds. The fourth-order valence-corrected chi connectivity index (χ4v) is 2.79. The number of para-hydroxylation sites is 1. The number of amides is 1. The molecule has 1 aliphatic carbocycles. The molecular weight excluding hydrogens is 277 g/mol. The summed E-state index contributed by atoms with van der Waals surface area (Å²) in [6, 6.07) is 3.48. The molecule has 0 aromatic heterocycles. The van der Waals surface area contributed by atoms with Crippen LogP contribution >= 0.6 is 0 Å². The molecule has 6 nitrogen and oxygen atoms in total. The molecule has 0 radical (unpaired) electrons. The van der Waals surface area contributed by atoms with Gasteiger partial charge in [0.05, 0.1) is 10.3 Å². The molecular formula is C14H18FN3O3. The van der Waals surface area contributed by atoms with Crippen LogP contribution in [0.15, 0.2) is 18.2 Å². The van der Waals surface area contributed by atoms with Crippen molar-refractivity contribution in [2.24, 2.45) is 11.1 Å². The summed E-state index contributed by atoms with van der Waals surface area (Å²) in [4.78, 5) is 22.7. The van der Waals surface area contributed by atoms with Gasteiger partial charge in [-0.3, -0.25) is 14.9 Å². The Bertz CT molecular complexity index is 556. The lowest BCUT2D eigenvalue weighted by molar-refractivity contribution is -0.384. The number of halogens is 1. The average Bonchev–Trinajstić information content (AvgIpc) is 2.49. The van der Waals surface area contributed by atoms with Gasteiger partial charge >= 0.3 is 0 Å². The van der Waals surface area contributed by atoms with Crippen LogP contribution in [0.25, 0.3) is 0 Å². The standard InChI is InChI=1S/C14H18FN3O3/c15-10-5-4-6-11(18(20)21)12(10)17-13(19)14(9-16)7-2-1-3-8-14/h4-6H,1-3,7-9,16H2,(H,17,19). The van der Waals surface area contributed by atoms with E-state index in [2.05, 4.69) is 5.32 Å². The van der Waals surface area contributed by atoms with Gasteiger partial charge in [-0.25, -0.2) is 4.39 Å². The van der Waals surface area contributed by atoms with Crippen LogP contribution in [0, 0.1) is 21.3 Å². The Morgan fingerprint density at radius 3 is 2.62 bits per heavy atom. The molecule has 2 rings (SSSR count). The fourth-order valence-electron chi connectivity index (χ4n) is 2.79. The molecule has 3 N–H and O–H groups in total. The zero-order valence-electron chi connectivity index (χ0n) is 11.6. The van der Waals surface area contributed by atoms with Crippen molar-refractivity contribution in [1.82, 2.24) is 0 Å². The molecule has 0 aliphatic heterocycles. The van der Waals surface area contributed by atoms with Crippen LogP contribution in [0.2, 0.25) is 0 Å². The average molecular weight is 295 g/mol. The number of nitro groups is 1. The molecule has 21 heavy (non-hydrogen) atoms. The Hall–Kier alpha value is -2.02. The van der Waals surface area contributed by atoms with E-state index in [-0.39, 0.29) is 12.2 Å². The van der Waals surface area contributed by atoms with Crippen LogP contribution in [0.4, 0.5) is 15.8 Å². The first-order valence-electron chi connectivity index (χ1n) is 6.94. The predicted molar refractivity (Wildman–Crippen MR) is 76.3 cm³/mol. The minimum Gasteiger partial charge on any atom is -0.329 e. The molecule has 1 aromatic rings. The van der Waals surface area contributed by atoms with Gasteiger partial charge in [0.2, 0.25) is 5.91 Å². The van der Waals surface area contributed by atoms with Gasteiger partial charge < -0.3 is 11.1 Å². The van der Waals surface area contributed by atoms with E-state index in [1.165, 1.54) is 6.07 Å². The van der Waals surface area contributed by atoms with Gasteiger partial charge in [-0.15, -0.1) is 0 Å². The third kappa shape index (κ3) is 3.02. The Balaban J connectivity index is 2.29. The molecule has 114 valence electrons. The van der Waals surface area contributed by atoms with Crippen molar-refractivity contribution in [2.45, 2.75) is 32.1 Å². The van der Waals surface area contributed by atoms with Crippen LogP contribution in [-0.2, 0) is 4.79 Å². The SMILES string of the molecule is NCC1(C(=O)Nc2c(F)cccc2[N+](=O)[O-])CCCCC1. The summed E-state index contributed by atoms with van der Waals surface area (Å²) in [5, 5.41) is 13.3. The Kier molecular flexibility index (Phi) is 4.52. The molecule has 0 unspecified atom stereocenters. The molecule has 1 fully saturated rings. The summed E-state index contributed by atoms with van der Waals surface area (Å²) >= 11 is 0. The minimum absolute atomic E-state index is 0.154.